The van der Waals surface area contributed by atoms with Crippen LogP contribution in [-0.2, 0) is 11.3 Å². The van der Waals surface area contributed by atoms with Crippen molar-refractivity contribution >= 4 is 5.96 Å². The summed E-state index contributed by atoms with van der Waals surface area (Å²) in [4.78, 5) is 4.27. The maximum Gasteiger partial charge on any atom is 0.191 e. The maximum absolute atomic E-state index is 5.58. The molecule has 1 atom stereocenters. The molecule has 1 unspecified atom stereocenters. The van der Waals surface area contributed by atoms with E-state index in [-0.39, 0.29) is 6.10 Å². The van der Waals surface area contributed by atoms with Gasteiger partial charge in [0.2, 0.25) is 0 Å². The molecule has 5 heteroatoms. The van der Waals surface area contributed by atoms with Crippen molar-refractivity contribution in [3.05, 3.63) is 65.2 Å². The molecule has 0 aliphatic rings. The molecule has 0 bridgehead atoms. The van der Waals surface area contributed by atoms with Crippen LogP contribution in [-0.4, -0.2) is 33.8 Å². The second-order valence-electron chi connectivity index (χ2n) is 5.76. The van der Waals surface area contributed by atoms with Crippen molar-refractivity contribution in [3.63, 3.8) is 0 Å². The third-order valence-electron chi connectivity index (χ3n) is 4.02. The molecule has 0 aliphatic heterocycles. The summed E-state index contributed by atoms with van der Waals surface area (Å²) in [6.45, 7) is 3.31. The number of aliphatic imine (C=N–C) groups is 1. The van der Waals surface area contributed by atoms with Gasteiger partial charge in [0.25, 0.3) is 0 Å². The van der Waals surface area contributed by atoms with Crippen molar-refractivity contribution in [2.75, 3.05) is 27.8 Å². The topological polar surface area (TPSA) is 54.9 Å². The van der Waals surface area contributed by atoms with Crippen LogP contribution in [0.15, 0.2) is 53.5 Å². The number of aryl methyl sites for hydroxylation is 1. The normalized spacial score (nSPS) is 12.6. The number of ether oxygens (including phenoxy) is 2. The minimum absolute atomic E-state index is 0.0336. The maximum atomic E-state index is 5.58. The van der Waals surface area contributed by atoms with Crippen molar-refractivity contribution in [2.24, 2.45) is 4.99 Å². The number of hydrogen-bond acceptors (Lipinski definition) is 3. The lowest BCUT2D eigenvalue weighted by molar-refractivity contribution is 0.106. The van der Waals surface area contributed by atoms with Crippen LogP contribution in [0.2, 0.25) is 0 Å². The molecular formula is C20H27N3O2. The molecule has 0 heterocycles. The van der Waals surface area contributed by atoms with Gasteiger partial charge in [-0.3, -0.25) is 4.99 Å². The van der Waals surface area contributed by atoms with Crippen LogP contribution in [0, 0.1) is 6.92 Å². The number of nitrogens with zero attached hydrogens (tertiary/aromatic N) is 1. The van der Waals surface area contributed by atoms with Crippen LogP contribution in [0.1, 0.15) is 22.8 Å². The lowest BCUT2D eigenvalue weighted by Crippen LogP contribution is -2.39. The van der Waals surface area contributed by atoms with Crippen LogP contribution >= 0.6 is 0 Å². The highest BCUT2D eigenvalue weighted by atomic mass is 16.5. The van der Waals surface area contributed by atoms with Gasteiger partial charge in [-0.1, -0.05) is 42.5 Å². The molecular weight excluding hydrogens is 314 g/mol. The summed E-state index contributed by atoms with van der Waals surface area (Å²) in [5.74, 6) is 1.60. The Morgan fingerprint density at radius 2 is 1.84 bits per heavy atom. The van der Waals surface area contributed by atoms with E-state index < -0.39 is 0 Å². The molecule has 0 fully saturated rings. The van der Waals surface area contributed by atoms with E-state index in [2.05, 4.69) is 46.8 Å². The summed E-state index contributed by atoms with van der Waals surface area (Å²) < 4.78 is 11.0. The summed E-state index contributed by atoms with van der Waals surface area (Å²) in [5, 5.41) is 6.63. The van der Waals surface area contributed by atoms with Gasteiger partial charge >= 0.3 is 0 Å². The molecule has 0 amide bonds. The highest BCUT2D eigenvalue weighted by molar-refractivity contribution is 5.79. The van der Waals surface area contributed by atoms with E-state index in [1.165, 1.54) is 5.56 Å². The van der Waals surface area contributed by atoms with Crippen molar-refractivity contribution in [2.45, 2.75) is 19.6 Å². The molecule has 134 valence electrons. The van der Waals surface area contributed by atoms with E-state index in [4.69, 9.17) is 9.47 Å². The summed E-state index contributed by atoms with van der Waals surface area (Å²) in [6.07, 6.45) is -0.0336. The standard InChI is InChI=1S/C20H27N3O2/c1-15-10-11-17(18(12-15)24-3)13-22-20(21-2)23-14-19(25-4)16-8-6-5-7-9-16/h5-12,19H,13-14H2,1-4H3,(H2,21,22,23). The number of methoxy groups -OCH3 is 2. The van der Waals surface area contributed by atoms with E-state index in [0.717, 1.165) is 22.8 Å². The van der Waals surface area contributed by atoms with Gasteiger partial charge in [-0.15, -0.1) is 0 Å². The second kappa shape index (κ2) is 9.69. The molecule has 2 aromatic carbocycles. The number of hydrogen-bond donors (Lipinski definition) is 2. The Hall–Kier alpha value is -2.53. The van der Waals surface area contributed by atoms with E-state index >= 15 is 0 Å². The monoisotopic (exact) mass is 341 g/mol. The first kappa shape index (κ1) is 18.8. The zero-order chi connectivity index (χ0) is 18.1. The van der Waals surface area contributed by atoms with Crippen LogP contribution in [0.5, 0.6) is 5.75 Å². The van der Waals surface area contributed by atoms with Crippen molar-refractivity contribution < 1.29 is 9.47 Å². The number of guanidine groups is 1. The highest BCUT2D eigenvalue weighted by Gasteiger charge is 2.11. The van der Waals surface area contributed by atoms with Gasteiger partial charge in [-0.2, -0.15) is 0 Å². The Labute approximate surface area is 150 Å². The molecule has 2 N–H and O–H groups in total. The SMILES string of the molecule is CN=C(NCc1ccc(C)cc1OC)NCC(OC)c1ccccc1. The Bertz CT molecular complexity index is 687. The Morgan fingerprint density at radius 1 is 1.08 bits per heavy atom. The summed E-state index contributed by atoms with van der Waals surface area (Å²) >= 11 is 0. The number of benzene rings is 2. The Morgan fingerprint density at radius 3 is 2.48 bits per heavy atom. The first-order valence-corrected chi connectivity index (χ1v) is 8.33. The van der Waals surface area contributed by atoms with Gasteiger partial charge in [0.15, 0.2) is 5.96 Å². The van der Waals surface area contributed by atoms with Crippen LogP contribution in [0.4, 0.5) is 0 Å². The molecule has 2 rings (SSSR count). The third kappa shape index (κ3) is 5.50. The Balaban J connectivity index is 1.93. The fourth-order valence-corrected chi connectivity index (χ4v) is 2.59. The van der Waals surface area contributed by atoms with Crippen LogP contribution in [0.3, 0.4) is 0 Å². The molecule has 0 aromatic heterocycles. The van der Waals surface area contributed by atoms with Gasteiger partial charge in [0.05, 0.1) is 13.2 Å². The van der Waals surface area contributed by atoms with Gasteiger partial charge in [-0.25, -0.2) is 0 Å². The number of nitrogens with one attached hydrogen (secondary N) is 2. The summed E-state index contributed by atoms with van der Waals surface area (Å²) in [7, 11) is 5.16. The third-order valence-corrected chi connectivity index (χ3v) is 4.02. The molecule has 0 aliphatic carbocycles. The van der Waals surface area contributed by atoms with Gasteiger partial charge < -0.3 is 20.1 Å². The predicted octanol–water partition coefficient (Wildman–Crippen LogP) is 3.06. The molecule has 25 heavy (non-hydrogen) atoms. The minimum Gasteiger partial charge on any atom is -0.496 e. The average molecular weight is 341 g/mol. The minimum atomic E-state index is -0.0336. The number of rotatable bonds is 7. The lowest BCUT2D eigenvalue weighted by Gasteiger charge is -2.19. The first-order valence-electron chi connectivity index (χ1n) is 8.33. The van der Waals surface area contributed by atoms with Crippen LogP contribution < -0.4 is 15.4 Å². The zero-order valence-corrected chi connectivity index (χ0v) is 15.4. The van der Waals surface area contributed by atoms with Crippen molar-refractivity contribution in [3.8, 4) is 5.75 Å². The zero-order valence-electron chi connectivity index (χ0n) is 15.4. The highest BCUT2D eigenvalue weighted by Crippen LogP contribution is 2.19. The van der Waals surface area contributed by atoms with Crippen molar-refractivity contribution in [1.82, 2.24) is 10.6 Å². The predicted molar refractivity (Wildman–Crippen MR) is 102 cm³/mol. The fraction of sp³-hybridized carbons (Fsp3) is 0.350. The Kier molecular flexibility index (Phi) is 7.29. The molecule has 5 nitrogen and oxygen atoms in total. The quantitative estimate of drug-likeness (QED) is 0.600. The lowest BCUT2D eigenvalue weighted by atomic mass is 10.1. The smallest absolute Gasteiger partial charge is 0.191 e. The molecule has 0 saturated carbocycles. The first-order chi connectivity index (χ1) is 12.2. The van der Waals surface area contributed by atoms with E-state index in [9.17, 15) is 0 Å². The second-order valence-corrected chi connectivity index (χ2v) is 5.76. The summed E-state index contributed by atoms with van der Waals surface area (Å²) in [5.41, 5.74) is 3.39. The van der Waals surface area contributed by atoms with E-state index in [1.807, 2.05) is 24.3 Å². The molecule has 0 spiro atoms. The van der Waals surface area contributed by atoms with Crippen molar-refractivity contribution in [1.29, 1.82) is 0 Å². The van der Waals surface area contributed by atoms with Gasteiger partial charge in [0, 0.05) is 32.8 Å². The largest absolute Gasteiger partial charge is 0.496 e. The molecule has 0 saturated heterocycles. The van der Waals surface area contributed by atoms with Crippen LogP contribution in [0.25, 0.3) is 0 Å². The van der Waals surface area contributed by atoms with E-state index in [1.54, 1.807) is 21.3 Å². The van der Waals surface area contributed by atoms with E-state index in [0.29, 0.717) is 13.1 Å². The molecule has 2 aromatic rings. The molecule has 0 radical (unpaired) electrons. The van der Waals surface area contributed by atoms with Gasteiger partial charge in [0.1, 0.15) is 5.75 Å². The average Bonchev–Trinajstić information content (AvgIpc) is 2.66. The summed E-state index contributed by atoms with van der Waals surface area (Å²) in [6, 6.07) is 16.3. The van der Waals surface area contributed by atoms with Gasteiger partial charge in [-0.05, 0) is 24.1 Å². The fourth-order valence-electron chi connectivity index (χ4n) is 2.59.